The molecule has 4 saturated heterocycles. The van der Waals surface area contributed by atoms with Gasteiger partial charge in [-0.1, -0.05) is 135 Å². The summed E-state index contributed by atoms with van der Waals surface area (Å²) in [6, 6.07) is 36.1. The summed E-state index contributed by atoms with van der Waals surface area (Å²) in [5, 5.41) is 33.2. The number of hydrogen-bond acceptors (Lipinski definition) is 19. The highest BCUT2D eigenvalue weighted by Crippen LogP contribution is 2.45. The summed E-state index contributed by atoms with van der Waals surface area (Å²) in [7, 11) is -20.1. The number of aromatic hydroxyl groups is 3. The van der Waals surface area contributed by atoms with Gasteiger partial charge in [-0.15, -0.1) is 0 Å². The minimum atomic E-state index is -4.22. The zero-order valence-corrected chi connectivity index (χ0v) is 85.2. The van der Waals surface area contributed by atoms with Crippen molar-refractivity contribution in [1.29, 1.82) is 0 Å². The quantitative estimate of drug-likeness (QED) is 0.0287. The molecule has 14 rings (SSSR count). The molecule has 131 heavy (non-hydrogen) atoms. The van der Waals surface area contributed by atoms with E-state index >= 15 is 0 Å². The number of phenolic OH excluding ortho intramolecular Hbond substituents is 3. The van der Waals surface area contributed by atoms with Crippen molar-refractivity contribution >= 4 is 211 Å². The fourth-order valence-electron chi connectivity index (χ4n) is 16.7. The molecular formula is C93H109Cl8N11O14S5. The Morgan fingerprint density at radius 3 is 1.18 bits per heavy atom. The number of nitrogens with zero attached hydrogens (tertiary/aromatic N) is 5. The molecular weight excluding hydrogens is 1940 g/mol. The van der Waals surface area contributed by atoms with Gasteiger partial charge in [-0.2, -0.15) is 0 Å². The Morgan fingerprint density at radius 2 is 0.733 bits per heavy atom. The minimum absolute atomic E-state index is 0.0244. The number of carbonyl (C=O) groups excluding carboxylic acids is 1. The molecule has 4 aliphatic heterocycles. The summed E-state index contributed by atoms with van der Waals surface area (Å²) in [6.45, 7) is 35.4. The van der Waals surface area contributed by atoms with E-state index in [1.165, 1.54) is 85.0 Å². The minimum Gasteiger partial charge on any atom is -0.505 e. The van der Waals surface area contributed by atoms with Gasteiger partial charge in [-0.25, -0.2) is 42.1 Å². The number of aryl methyl sites for hydroxylation is 7. The van der Waals surface area contributed by atoms with Crippen LogP contribution in [0.5, 0.6) is 17.2 Å². The van der Waals surface area contributed by atoms with Crippen LogP contribution in [0.2, 0.25) is 40.2 Å². The highest BCUT2D eigenvalue weighted by molar-refractivity contribution is 7.94. The standard InChI is InChI=1S/C22H28N2O.C20H25Cl2N3O4S2.C19H24Cl2N2O3S.2C16H16Cl2N2O3S/c1-14-9-8-10-19(17(14)4)22(25)23-20-15(2)13-16(3)21(18(20)5)24-11-6-7-12-24;1-12-9-13(2)20(25-7-5-6-8-25)14(3)18(12)24-31(28,29)17-11-15(21)10-16(22)19(17)23-30(4,26)27;1-6-23(7-2)18-12(4)8-11(3)17(13(18)5)22-27(25,26)16-10-14(20)9-15(21)19(16)24;17-11-9-14(18)16(21)15(10-11)24(22,23)19-12-3-5-13(6-4-12)20-7-1-2-8-20;17-11-9-12(18)16(21)15(10-11)24(22,23)19-13-5-1-2-6-14(13)20-7-3-4-8-20/h8-10,13H,6-7,11-12H2,1-5H3,(H,23,25);9-11,23-24H,5-8H2,1-4H3;8-10,22,24H,6-7H2,1-5H3;3-6,9-10,19,21H,1-2,7-8H2;1-2,5-6,9-10,19,21H,3-4,7-8H2. The van der Waals surface area contributed by atoms with E-state index < -0.39 is 67.4 Å². The summed E-state index contributed by atoms with van der Waals surface area (Å²) in [5.74, 6) is -1.60. The van der Waals surface area contributed by atoms with Crippen molar-refractivity contribution in [3.63, 3.8) is 0 Å². The summed E-state index contributed by atoms with van der Waals surface area (Å²) < 4.78 is 139. The van der Waals surface area contributed by atoms with Crippen molar-refractivity contribution in [2.75, 3.05) is 125 Å². The van der Waals surface area contributed by atoms with Gasteiger partial charge in [0.25, 0.3) is 46.0 Å². The van der Waals surface area contributed by atoms with E-state index in [9.17, 15) is 62.2 Å². The summed E-state index contributed by atoms with van der Waals surface area (Å²) >= 11 is 47.3. The molecule has 10 aromatic carbocycles. The van der Waals surface area contributed by atoms with Crippen LogP contribution in [-0.2, 0) is 50.1 Å². The largest absolute Gasteiger partial charge is 0.505 e. The van der Waals surface area contributed by atoms with Gasteiger partial charge in [-0.3, -0.25) is 28.4 Å². The van der Waals surface area contributed by atoms with E-state index in [0.29, 0.717) is 22.7 Å². The Morgan fingerprint density at radius 1 is 0.359 bits per heavy atom. The van der Waals surface area contributed by atoms with Gasteiger partial charge in [0, 0.05) is 125 Å². The number of rotatable bonds is 23. The van der Waals surface area contributed by atoms with Gasteiger partial charge in [0.05, 0.1) is 54.8 Å². The number of sulfonamides is 5. The molecule has 4 fully saturated rings. The molecule has 25 nitrogen and oxygen atoms in total. The van der Waals surface area contributed by atoms with Gasteiger partial charge in [-0.05, 0) is 294 Å². The number of anilines is 11. The number of hydrogen-bond donors (Lipinski definition) is 9. The van der Waals surface area contributed by atoms with Crippen molar-refractivity contribution in [3.05, 3.63) is 240 Å². The third-order valence-corrected chi connectivity index (χ3v) is 31.0. The maximum absolute atomic E-state index is 13.4. The van der Waals surface area contributed by atoms with E-state index in [4.69, 9.17) is 92.8 Å². The number of carbonyl (C=O) groups is 1. The second kappa shape index (κ2) is 44.1. The SMILES string of the molecule is CCN(CC)c1c(C)cc(C)c(NS(=O)(=O)c2cc(Cl)cc(Cl)c2O)c1C.Cc1cc(C)c(N2CCCC2)c(C)c1NS(=O)(=O)c1cc(Cl)cc(Cl)c1NS(C)(=O)=O.Cc1cccc(C(=O)Nc2c(C)cc(C)c(N3CCCC3)c2C)c1C.O=S(=O)(Nc1ccc(N2CCCC2)cc1)c1cc(Cl)cc(Cl)c1O.O=S(=O)(Nc1ccccc1N1CCCC1)c1cc(Cl)cc(Cl)c1O. The first kappa shape index (κ1) is 104. The van der Waals surface area contributed by atoms with Gasteiger partial charge in [0.1, 0.15) is 19.6 Å². The average Bonchev–Trinajstić information content (AvgIpc) is 1.77. The number of nitrogens with one attached hydrogen (secondary N) is 6. The molecule has 38 heteroatoms. The average molecular weight is 2050 g/mol. The van der Waals surface area contributed by atoms with Crippen LogP contribution in [0.1, 0.15) is 137 Å². The van der Waals surface area contributed by atoms with Crippen LogP contribution in [-0.4, -0.2) is 135 Å². The number of halogens is 8. The normalized spacial score (nSPS) is 14.0. The van der Waals surface area contributed by atoms with Crippen LogP contribution in [0.15, 0.2) is 153 Å². The molecule has 9 N–H and O–H groups in total. The predicted molar refractivity (Wildman–Crippen MR) is 541 cm³/mol. The monoisotopic (exact) mass is 2040 g/mol. The summed E-state index contributed by atoms with van der Waals surface area (Å²) in [6.07, 6.45) is 10.1. The first-order valence-corrected chi connectivity index (χ1v) is 53.1. The lowest BCUT2D eigenvalue weighted by Gasteiger charge is -2.28. The summed E-state index contributed by atoms with van der Waals surface area (Å²) in [4.78, 5) is 22.7. The van der Waals surface area contributed by atoms with E-state index in [1.54, 1.807) is 24.3 Å². The van der Waals surface area contributed by atoms with Crippen LogP contribution < -0.4 is 53.4 Å². The smallest absolute Gasteiger partial charge is 0.265 e. The fraction of sp³-hybridized carbons (Fsp3) is 0.344. The van der Waals surface area contributed by atoms with Gasteiger partial charge < -0.3 is 45.1 Å². The maximum atomic E-state index is 13.4. The molecule has 0 bridgehead atoms. The molecule has 0 saturated carbocycles. The molecule has 706 valence electrons. The highest BCUT2D eigenvalue weighted by atomic mass is 35.5. The molecule has 4 aliphatic rings. The van der Waals surface area contributed by atoms with Crippen LogP contribution in [0.25, 0.3) is 0 Å². The second-order valence-electron chi connectivity index (χ2n) is 32.6. The molecule has 0 aliphatic carbocycles. The van der Waals surface area contributed by atoms with Crippen LogP contribution in [0.4, 0.5) is 62.6 Å². The van der Waals surface area contributed by atoms with Crippen LogP contribution >= 0.6 is 92.8 Å². The maximum Gasteiger partial charge on any atom is 0.265 e. The zero-order chi connectivity index (χ0) is 96.4. The Labute approximate surface area is 810 Å². The van der Waals surface area contributed by atoms with E-state index in [1.807, 2.05) is 110 Å². The van der Waals surface area contributed by atoms with Crippen molar-refractivity contribution in [2.45, 2.75) is 161 Å². The predicted octanol–water partition coefficient (Wildman–Crippen LogP) is 23.2. The first-order chi connectivity index (χ1) is 61.5. The number of amides is 1. The topological polar surface area (TPSA) is 337 Å². The fourth-order valence-corrected chi connectivity index (χ4v) is 25.1. The van der Waals surface area contributed by atoms with Crippen molar-refractivity contribution in [1.82, 2.24) is 0 Å². The molecule has 0 radical (unpaired) electrons. The summed E-state index contributed by atoms with van der Waals surface area (Å²) in [5.41, 5.74) is 19.5. The van der Waals surface area contributed by atoms with Crippen molar-refractivity contribution < 1.29 is 62.2 Å². The zero-order valence-electron chi connectivity index (χ0n) is 75.1. The van der Waals surface area contributed by atoms with E-state index in [-0.39, 0.29) is 71.4 Å². The lowest BCUT2D eigenvalue weighted by molar-refractivity contribution is 0.102. The number of para-hydroxylation sites is 2. The third kappa shape index (κ3) is 25.6. The molecule has 4 heterocycles. The Bertz CT molecular complexity index is 6560. The van der Waals surface area contributed by atoms with Crippen molar-refractivity contribution in [2.24, 2.45) is 0 Å². The molecule has 0 aromatic heterocycles. The third-order valence-electron chi connectivity index (χ3n) is 22.9. The lowest BCUT2D eigenvalue weighted by atomic mass is 9.99. The molecule has 10 aromatic rings. The Hall–Kier alpha value is -8.86. The van der Waals surface area contributed by atoms with Crippen LogP contribution in [0.3, 0.4) is 0 Å². The molecule has 0 unspecified atom stereocenters. The van der Waals surface area contributed by atoms with E-state index in [0.717, 1.165) is 188 Å². The van der Waals surface area contributed by atoms with E-state index in [2.05, 4.69) is 94.1 Å². The van der Waals surface area contributed by atoms with Gasteiger partial charge in [0.15, 0.2) is 17.2 Å². The Balaban J connectivity index is 0.000000171. The lowest BCUT2D eigenvalue weighted by Crippen LogP contribution is -2.25. The van der Waals surface area contributed by atoms with Gasteiger partial charge in [0.2, 0.25) is 10.0 Å². The number of benzene rings is 10. The van der Waals surface area contributed by atoms with Gasteiger partial charge >= 0.3 is 0 Å². The first-order valence-electron chi connectivity index (χ1n) is 42.2. The molecule has 0 spiro atoms. The highest BCUT2D eigenvalue weighted by Gasteiger charge is 2.32. The molecule has 1 amide bonds. The molecule has 0 atom stereocenters. The Kier molecular flexibility index (Phi) is 35.1. The second-order valence-corrected chi connectivity index (χ2v) is 44.3. The number of phenols is 3. The van der Waals surface area contributed by atoms with Crippen LogP contribution in [0, 0.1) is 76.2 Å². The van der Waals surface area contributed by atoms with Crippen molar-refractivity contribution in [3.8, 4) is 17.2 Å².